The molecule has 0 unspecified atom stereocenters. The van der Waals surface area contributed by atoms with Crippen molar-refractivity contribution in [1.29, 1.82) is 0 Å². The van der Waals surface area contributed by atoms with Crippen molar-refractivity contribution in [1.82, 2.24) is 4.98 Å². The smallest absolute Gasteiger partial charge is 0.256 e. The topological polar surface area (TPSA) is 103 Å². The predicted octanol–water partition coefficient (Wildman–Crippen LogP) is 5.07. The number of nitrogens with zero attached hydrogens (tertiary/aromatic N) is 1. The van der Waals surface area contributed by atoms with E-state index < -0.39 is 0 Å². The van der Waals surface area contributed by atoms with E-state index in [1.54, 1.807) is 36.4 Å². The molecule has 2 amide bonds. The third-order valence-corrected chi connectivity index (χ3v) is 5.40. The van der Waals surface area contributed by atoms with Gasteiger partial charge in [0.15, 0.2) is 0 Å². The minimum Gasteiger partial charge on any atom is -0.492 e. The lowest BCUT2D eigenvalue weighted by Crippen LogP contribution is -2.16. The van der Waals surface area contributed by atoms with Crippen molar-refractivity contribution < 1.29 is 23.5 Å². The van der Waals surface area contributed by atoms with Crippen molar-refractivity contribution in [2.45, 2.75) is 32.9 Å². The van der Waals surface area contributed by atoms with Crippen LogP contribution >= 0.6 is 11.8 Å². The van der Waals surface area contributed by atoms with Gasteiger partial charge in [0.2, 0.25) is 5.91 Å². The molecule has 0 aliphatic rings. The fourth-order valence-electron chi connectivity index (χ4n) is 2.91. The number of nitrogens with one attached hydrogen (secondary N) is 2. The quantitative estimate of drug-likeness (QED) is 0.400. The zero-order valence-electron chi connectivity index (χ0n) is 19.1. The number of hydrogen-bond acceptors (Lipinski definition) is 7. The largest absolute Gasteiger partial charge is 0.492 e. The van der Waals surface area contributed by atoms with Crippen molar-refractivity contribution in [2.75, 3.05) is 29.6 Å². The summed E-state index contributed by atoms with van der Waals surface area (Å²) in [4.78, 5) is 29.5. The molecule has 1 heterocycles. The van der Waals surface area contributed by atoms with Gasteiger partial charge in [-0.2, -0.15) is 0 Å². The number of oxazole rings is 1. The van der Waals surface area contributed by atoms with Gasteiger partial charge in [-0.3, -0.25) is 9.59 Å². The van der Waals surface area contributed by atoms with Gasteiger partial charge in [0, 0.05) is 17.7 Å². The van der Waals surface area contributed by atoms with Crippen LogP contribution in [0.15, 0.2) is 52.1 Å². The van der Waals surface area contributed by atoms with Gasteiger partial charge in [0.25, 0.3) is 11.1 Å². The summed E-state index contributed by atoms with van der Waals surface area (Å²) in [5.74, 6) is 1.16. The molecule has 2 aromatic carbocycles. The molecule has 2 N–H and O–H groups in total. The van der Waals surface area contributed by atoms with Crippen LogP contribution in [0, 0.1) is 13.8 Å². The van der Waals surface area contributed by atoms with Crippen molar-refractivity contribution in [3.05, 3.63) is 59.5 Å². The number of amides is 2. The highest BCUT2D eigenvalue weighted by Crippen LogP contribution is 2.37. The molecule has 0 aliphatic carbocycles. The number of thioether (sulfide) groups is 1. The van der Waals surface area contributed by atoms with Gasteiger partial charge in [0.1, 0.15) is 17.3 Å². The fraction of sp³-hybridized carbons (Fsp3) is 0.292. The highest BCUT2D eigenvalue weighted by Gasteiger charge is 2.17. The molecule has 174 valence electrons. The van der Waals surface area contributed by atoms with E-state index in [0.717, 1.165) is 11.5 Å². The van der Waals surface area contributed by atoms with E-state index in [-0.39, 0.29) is 17.6 Å². The molecule has 0 bridgehead atoms. The van der Waals surface area contributed by atoms with Crippen LogP contribution in [0.2, 0.25) is 0 Å². The molecule has 3 aromatic rings. The number of ether oxygens (including phenoxy) is 2. The van der Waals surface area contributed by atoms with Crippen LogP contribution in [-0.2, 0) is 4.79 Å². The van der Waals surface area contributed by atoms with E-state index in [0.29, 0.717) is 46.9 Å². The molecule has 33 heavy (non-hydrogen) atoms. The SMILES string of the molecule is CCOc1cc(NC(=O)c2ccccc2)c(OCC)cc1NC(=O)CSc1nc(C)c(C)o1. The first kappa shape index (κ1) is 24.2. The molecule has 0 aliphatic heterocycles. The maximum absolute atomic E-state index is 12.7. The van der Waals surface area contributed by atoms with E-state index >= 15 is 0 Å². The van der Waals surface area contributed by atoms with E-state index in [4.69, 9.17) is 13.9 Å². The van der Waals surface area contributed by atoms with Crippen LogP contribution in [0.5, 0.6) is 11.5 Å². The third kappa shape index (κ3) is 6.52. The van der Waals surface area contributed by atoms with E-state index in [2.05, 4.69) is 15.6 Å². The summed E-state index contributed by atoms with van der Waals surface area (Å²) in [5, 5.41) is 6.16. The number of carbonyl (C=O) groups excluding carboxylic acids is 2. The standard InChI is InChI=1S/C24H27N3O5S/c1-5-30-20-13-19(27-23(29)17-10-8-7-9-11-17)21(31-6-2)12-18(20)26-22(28)14-33-24-25-15(3)16(4)32-24/h7-13H,5-6,14H2,1-4H3,(H,26,28)(H,27,29). The van der Waals surface area contributed by atoms with Crippen molar-refractivity contribution in [3.63, 3.8) is 0 Å². The fourth-order valence-corrected chi connectivity index (χ4v) is 3.62. The minimum atomic E-state index is -0.274. The lowest BCUT2D eigenvalue weighted by atomic mass is 10.2. The molecule has 8 nitrogen and oxygen atoms in total. The molecule has 0 atom stereocenters. The Balaban J connectivity index is 1.79. The monoisotopic (exact) mass is 469 g/mol. The molecular formula is C24H27N3O5S. The second-order valence-corrected chi connectivity index (χ2v) is 7.92. The molecule has 9 heteroatoms. The second-order valence-electron chi connectivity index (χ2n) is 6.99. The Labute approximate surface area is 197 Å². The number of rotatable bonds is 10. The lowest BCUT2D eigenvalue weighted by Gasteiger charge is -2.17. The normalized spacial score (nSPS) is 10.5. The number of carbonyl (C=O) groups is 2. The van der Waals surface area contributed by atoms with Gasteiger partial charge in [-0.1, -0.05) is 30.0 Å². The summed E-state index contributed by atoms with van der Waals surface area (Å²) in [6.45, 7) is 8.13. The molecule has 0 saturated carbocycles. The summed E-state index contributed by atoms with van der Waals surface area (Å²) in [7, 11) is 0. The minimum absolute atomic E-state index is 0.113. The zero-order chi connectivity index (χ0) is 23.8. The van der Waals surface area contributed by atoms with Gasteiger partial charge in [0.05, 0.1) is 36.0 Å². The van der Waals surface area contributed by atoms with Crippen molar-refractivity contribution in [2.24, 2.45) is 0 Å². The van der Waals surface area contributed by atoms with Gasteiger partial charge in [-0.25, -0.2) is 4.98 Å². The summed E-state index contributed by atoms with van der Waals surface area (Å²) in [6, 6.07) is 12.2. The average molecular weight is 470 g/mol. The van der Waals surface area contributed by atoms with E-state index in [1.165, 1.54) is 11.8 Å². The predicted molar refractivity (Wildman–Crippen MR) is 129 cm³/mol. The molecule has 0 saturated heterocycles. The van der Waals surface area contributed by atoms with Crippen LogP contribution in [-0.4, -0.2) is 35.8 Å². The average Bonchev–Trinajstić information content (AvgIpc) is 3.13. The summed E-state index contributed by atoms with van der Waals surface area (Å²) >= 11 is 1.21. The van der Waals surface area contributed by atoms with Crippen molar-refractivity contribution >= 4 is 35.0 Å². The van der Waals surface area contributed by atoms with Gasteiger partial charge in [-0.05, 0) is 39.8 Å². The van der Waals surface area contributed by atoms with Crippen LogP contribution < -0.4 is 20.1 Å². The van der Waals surface area contributed by atoms with Crippen LogP contribution in [0.4, 0.5) is 11.4 Å². The third-order valence-electron chi connectivity index (χ3n) is 4.58. The van der Waals surface area contributed by atoms with Crippen LogP contribution in [0.25, 0.3) is 0 Å². The molecule has 3 rings (SSSR count). The van der Waals surface area contributed by atoms with Gasteiger partial charge >= 0.3 is 0 Å². The van der Waals surface area contributed by atoms with Gasteiger partial charge < -0.3 is 24.5 Å². The molecule has 1 aromatic heterocycles. The number of aryl methyl sites for hydroxylation is 2. The highest BCUT2D eigenvalue weighted by atomic mass is 32.2. The number of benzene rings is 2. The second kappa shape index (κ2) is 11.4. The Kier molecular flexibility index (Phi) is 8.37. The van der Waals surface area contributed by atoms with E-state index in [9.17, 15) is 9.59 Å². The Morgan fingerprint density at radius 3 is 2.12 bits per heavy atom. The maximum Gasteiger partial charge on any atom is 0.256 e. The van der Waals surface area contributed by atoms with Crippen LogP contribution in [0.1, 0.15) is 35.7 Å². The molecular weight excluding hydrogens is 442 g/mol. The molecule has 0 radical (unpaired) electrons. The number of anilines is 2. The summed E-state index contributed by atoms with van der Waals surface area (Å²) < 4.78 is 16.9. The van der Waals surface area contributed by atoms with E-state index in [1.807, 2.05) is 33.8 Å². The Morgan fingerprint density at radius 1 is 0.970 bits per heavy atom. The number of hydrogen-bond donors (Lipinski definition) is 2. The Morgan fingerprint density at radius 2 is 1.58 bits per heavy atom. The van der Waals surface area contributed by atoms with Crippen LogP contribution in [0.3, 0.4) is 0 Å². The lowest BCUT2D eigenvalue weighted by molar-refractivity contribution is -0.113. The summed E-state index contributed by atoms with van der Waals surface area (Å²) in [5.41, 5.74) is 2.21. The molecule has 0 fully saturated rings. The molecule has 0 spiro atoms. The maximum atomic E-state index is 12.7. The zero-order valence-corrected chi connectivity index (χ0v) is 19.9. The summed E-state index contributed by atoms with van der Waals surface area (Å²) in [6.07, 6.45) is 0. The Hall–Kier alpha value is -3.46. The van der Waals surface area contributed by atoms with Gasteiger partial charge in [-0.15, -0.1) is 0 Å². The first-order chi connectivity index (χ1) is 15.9. The highest BCUT2D eigenvalue weighted by molar-refractivity contribution is 7.99. The Bertz CT molecular complexity index is 1100. The first-order valence-corrected chi connectivity index (χ1v) is 11.6. The first-order valence-electron chi connectivity index (χ1n) is 10.6. The number of aromatic nitrogens is 1. The van der Waals surface area contributed by atoms with Crippen molar-refractivity contribution in [3.8, 4) is 11.5 Å².